The molecule has 0 atom stereocenters. The van der Waals surface area contributed by atoms with Crippen LogP contribution in [0.25, 0.3) is 0 Å². The van der Waals surface area contributed by atoms with E-state index in [4.69, 9.17) is 0 Å². The molecule has 8 nitrogen and oxygen atoms in total. The summed E-state index contributed by atoms with van der Waals surface area (Å²) in [5.41, 5.74) is 1.87. The number of benzene rings is 2. The second kappa shape index (κ2) is 9.80. The number of amides is 2. The number of hydrogen-bond acceptors (Lipinski definition) is 7. The molecule has 0 saturated carbocycles. The van der Waals surface area contributed by atoms with Crippen molar-refractivity contribution < 1.29 is 14.5 Å². The molecule has 0 unspecified atom stereocenters. The normalized spacial score (nSPS) is 10.3. The van der Waals surface area contributed by atoms with Gasteiger partial charge in [0.2, 0.25) is 5.91 Å². The highest BCUT2D eigenvalue weighted by molar-refractivity contribution is 7.99. The third-order valence-electron chi connectivity index (χ3n) is 3.71. The van der Waals surface area contributed by atoms with Gasteiger partial charge in [-0.3, -0.25) is 25.0 Å². The summed E-state index contributed by atoms with van der Waals surface area (Å²) < 4.78 is 0. The Kier molecular flexibility index (Phi) is 6.93. The zero-order valence-corrected chi connectivity index (χ0v) is 16.7. The van der Waals surface area contributed by atoms with Gasteiger partial charge in [0.05, 0.1) is 10.7 Å². The average Bonchev–Trinajstić information content (AvgIpc) is 3.21. The second-order valence-electron chi connectivity index (χ2n) is 5.84. The van der Waals surface area contributed by atoms with Gasteiger partial charge in [-0.25, -0.2) is 4.98 Å². The third kappa shape index (κ3) is 6.13. The molecule has 3 rings (SSSR count). The Balaban J connectivity index is 1.48. The van der Waals surface area contributed by atoms with E-state index in [2.05, 4.69) is 15.6 Å². The Morgan fingerprint density at radius 3 is 2.62 bits per heavy atom. The molecule has 0 fully saturated rings. The summed E-state index contributed by atoms with van der Waals surface area (Å²) in [6, 6.07) is 12.9. The molecule has 29 heavy (non-hydrogen) atoms. The monoisotopic (exact) mass is 428 g/mol. The minimum atomic E-state index is -0.449. The number of thioether (sulfide) groups is 1. The van der Waals surface area contributed by atoms with Gasteiger partial charge in [-0.15, -0.1) is 23.1 Å². The number of thiazole rings is 1. The first-order valence-electron chi connectivity index (χ1n) is 8.43. The fraction of sp³-hybridized carbons (Fsp3) is 0.105. The van der Waals surface area contributed by atoms with Crippen LogP contribution in [0.15, 0.2) is 60.1 Å². The van der Waals surface area contributed by atoms with E-state index in [-0.39, 0.29) is 23.3 Å². The highest BCUT2D eigenvalue weighted by atomic mass is 32.2. The Morgan fingerprint density at radius 2 is 1.93 bits per heavy atom. The standard InChI is InChI=1S/C19H16N4O4S2/c24-17(12-28-11-13-4-6-16(7-5-13)23(26)27)21-15-3-1-2-14(10-15)18(25)22-19-20-8-9-29-19/h1-10H,11-12H2,(H,21,24)(H,20,22,25). The first-order valence-corrected chi connectivity index (χ1v) is 10.5. The van der Waals surface area contributed by atoms with E-state index in [9.17, 15) is 19.7 Å². The quantitative estimate of drug-likeness (QED) is 0.411. The largest absolute Gasteiger partial charge is 0.325 e. The fourth-order valence-corrected chi connectivity index (χ4v) is 3.68. The van der Waals surface area contributed by atoms with Gasteiger partial charge in [0.1, 0.15) is 0 Å². The molecule has 3 aromatic rings. The summed E-state index contributed by atoms with van der Waals surface area (Å²) in [6.07, 6.45) is 1.60. The Hall–Kier alpha value is -3.24. The summed E-state index contributed by atoms with van der Waals surface area (Å²) >= 11 is 2.71. The van der Waals surface area contributed by atoms with Crippen molar-refractivity contribution in [3.8, 4) is 0 Å². The number of carbonyl (C=O) groups is 2. The summed E-state index contributed by atoms with van der Waals surface area (Å²) in [7, 11) is 0. The van der Waals surface area contributed by atoms with E-state index in [1.54, 1.807) is 48.0 Å². The highest BCUT2D eigenvalue weighted by Gasteiger charge is 2.10. The van der Waals surface area contributed by atoms with E-state index >= 15 is 0 Å². The molecule has 0 aliphatic carbocycles. The molecule has 148 valence electrons. The minimum absolute atomic E-state index is 0.0373. The predicted molar refractivity (Wildman–Crippen MR) is 114 cm³/mol. The molecule has 0 spiro atoms. The lowest BCUT2D eigenvalue weighted by Gasteiger charge is -2.07. The number of nitro groups is 1. The molecular formula is C19H16N4O4S2. The van der Waals surface area contributed by atoms with Crippen LogP contribution >= 0.6 is 23.1 Å². The van der Waals surface area contributed by atoms with Crippen molar-refractivity contribution in [3.05, 3.63) is 81.3 Å². The Morgan fingerprint density at radius 1 is 1.14 bits per heavy atom. The van der Waals surface area contributed by atoms with Gasteiger partial charge in [0, 0.05) is 40.7 Å². The van der Waals surface area contributed by atoms with Crippen molar-refractivity contribution in [1.29, 1.82) is 0 Å². The van der Waals surface area contributed by atoms with Crippen molar-refractivity contribution in [3.63, 3.8) is 0 Å². The number of rotatable bonds is 8. The number of nitrogens with zero attached hydrogens (tertiary/aromatic N) is 2. The van der Waals surface area contributed by atoms with Crippen molar-refractivity contribution in [2.24, 2.45) is 0 Å². The van der Waals surface area contributed by atoms with Crippen LogP contribution in [0.2, 0.25) is 0 Å². The van der Waals surface area contributed by atoms with E-state index in [1.807, 2.05) is 0 Å². The molecule has 0 radical (unpaired) electrons. The molecule has 10 heteroatoms. The van der Waals surface area contributed by atoms with E-state index in [0.29, 0.717) is 22.1 Å². The summed E-state index contributed by atoms with van der Waals surface area (Å²) in [5, 5.41) is 18.4. The van der Waals surface area contributed by atoms with Crippen molar-refractivity contribution in [1.82, 2.24) is 4.98 Å². The van der Waals surface area contributed by atoms with Gasteiger partial charge in [-0.05, 0) is 23.8 Å². The summed E-state index contributed by atoms with van der Waals surface area (Å²) in [6.45, 7) is 0. The Bertz CT molecular complexity index is 1010. The molecule has 1 heterocycles. The van der Waals surface area contributed by atoms with Crippen LogP contribution in [0, 0.1) is 10.1 Å². The van der Waals surface area contributed by atoms with E-state index < -0.39 is 4.92 Å². The maximum Gasteiger partial charge on any atom is 0.269 e. The molecule has 0 bridgehead atoms. The zero-order chi connectivity index (χ0) is 20.6. The van der Waals surface area contributed by atoms with Gasteiger partial charge in [-0.2, -0.15) is 0 Å². The van der Waals surface area contributed by atoms with Gasteiger partial charge in [-0.1, -0.05) is 18.2 Å². The maximum absolute atomic E-state index is 12.2. The van der Waals surface area contributed by atoms with Gasteiger partial charge in [0.15, 0.2) is 5.13 Å². The van der Waals surface area contributed by atoms with E-state index in [0.717, 1.165) is 5.56 Å². The smallest absolute Gasteiger partial charge is 0.269 e. The molecule has 0 saturated heterocycles. The maximum atomic E-state index is 12.2. The lowest BCUT2D eigenvalue weighted by molar-refractivity contribution is -0.384. The van der Waals surface area contributed by atoms with Crippen molar-refractivity contribution >= 4 is 51.4 Å². The number of nitro benzene ring substituents is 1. The molecule has 2 aromatic carbocycles. The first-order chi connectivity index (χ1) is 14.0. The third-order valence-corrected chi connectivity index (χ3v) is 5.40. The summed E-state index contributed by atoms with van der Waals surface area (Å²) in [4.78, 5) is 38.6. The van der Waals surface area contributed by atoms with Crippen molar-refractivity contribution in [2.75, 3.05) is 16.4 Å². The fourth-order valence-electron chi connectivity index (χ4n) is 2.37. The Labute approximate surface area is 174 Å². The van der Waals surface area contributed by atoms with Gasteiger partial charge < -0.3 is 5.32 Å². The molecule has 0 aliphatic heterocycles. The zero-order valence-electron chi connectivity index (χ0n) is 15.0. The van der Waals surface area contributed by atoms with Crippen LogP contribution < -0.4 is 10.6 Å². The number of hydrogen-bond donors (Lipinski definition) is 2. The molecular weight excluding hydrogens is 412 g/mol. The van der Waals surface area contributed by atoms with Crippen LogP contribution in [0.4, 0.5) is 16.5 Å². The van der Waals surface area contributed by atoms with Crippen LogP contribution in [0.5, 0.6) is 0 Å². The topological polar surface area (TPSA) is 114 Å². The molecule has 1 aromatic heterocycles. The van der Waals surface area contributed by atoms with Crippen LogP contribution in [0.1, 0.15) is 15.9 Å². The van der Waals surface area contributed by atoms with Crippen molar-refractivity contribution in [2.45, 2.75) is 5.75 Å². The number of carbonyl (C=O) groups excluding carboxylic acids is 2. The van der Waals surface area contributed by atoms with Gasteiger partial charge in [0.25, 0.3) is 11.6 Å². The lowest BCUT2D eigenvalue weighted by Crippen LogP contribution is -2.16. The average molecular weight is 428 g/mol. The number of aromatic nitrogens is 1. The number of anilines is 2. The van der Waals surface area contributed by atoms with Crippen LogP contribution in [-0.4, -0.2) is 27.5 Å². The second-order valence-corrected chi connectivity index (χ2v) is 7.72. The molecule has 2 N–H and O–H groups in total. The van der Waals surface area contributed by atoms with Gasteiger partial charge >= 0.3 is 0 Å². The van der Waals surface area contributed by atoms with Crippen LogP contribution in [0.3, 0.4) is 0 Å². The van der Waals surface area contributed by atoms with Crippen LogP contribution in [-0.2, 0) is 10.5 Å². The predicted octanol–water partition coefficient (Wildman–Crippen LogP) is 4.18. The lowest BCUT2D eigenvalue weighted by atomic mass is 10.2. The highest BCUT2D eigenvalue weighted by Crippen LogP contribution is 2.18. The first kappa shape index (κ1) is 20.5. The minimum Gasteiger partial charge on any atom is -0.325 e. The molecule has 2 amide bonds. The summed E-state index contributed by atoms with van der Waals surface area (Å²) in [5.74, 6) is 0.270. The molecule has 0 aliphatic rings. The number of nitrogens with one attached hydrogen (secondary N) is 2. The number of non-ortho nitro benzene ring substituents is 1. The van der Waals surface area contributed by atoms with E-state index in [1.165, 1.54) is 35.2 Å². The SMILES string of the molecule is O=C(CSCc1ccc([N+](=O)[O-])cc1)Nc1cccc(C(=O)Nc2nccs2)c1.